The van der Waals surface area contributed by atoms with E-state index in [4.69, 9.17) is 9.88 Å². The van der Waals surface area contributed by atoms with Gasteiger partial charge in [-0.3, -0.25) is 0 Å². The largest absolute Gasteiger partial charge is 0.493 e. The Kier molecular flexibility index (Phi) is 5.82. The lowest BCUT2D eigenvalue weighted by Gasteiger charge is -2.16. The van der Waals surface area contributed by atoms with Crippen LogP contribution in [0.1, 0.15) is 30.9 Å². The molecule has 1 rings (SSSR count). The number of aryl methyl sites for hydroxylation is 2. The summed E-state index contributed by atoms with van der Waals surface area (Å²) < 4.78 is 28.0. The Balaban J connectivity index is 2.62. The Morgan fingerprint density at radius 2 is 1.95 bits per heavy atom. The van der Waals surface area contributed by atoms with Crippen LogP contribution in [0.25, 0.3) is 0 Å². The molecule has 19 heavy (non-hydrogen) atoms. The molecule has 1 aromatic rings. The molecule has 5 heteroatoms. The van der Waals surface area contributed by atoms with Crippen molar-refractivity contribution in [2.45, 2.75) is 33.6 Å². The van der Waals surface area contributed by atoms with Gasteiger partial charge in [-0.1, -0.05) is 19.4 Å². The third-order valence-electron chi connectivity index (χ3n) is 3.13. The number of hydrogen-bond acceptors (Lipinski definition) is 3. The van der Waals surface area contributed by atoms with Gasteiger partial charge in [0.05, 0.1) is 12.4 Å². The SMILES string of the molecule is CCCC(COc1ccc(C)c(C)c1)CS(N)(=O)=O. The summed E-state index contributed by atoms with van der Waals surface area (Å²) in [5, 5.41) is 5.10. The van der Waals surface area contributed by atoms with E-state index in [-0.39, 0.29) is 11.7 Å². The summed E-state index contributed by atoms with van der Waals surface area (Å²) in [6.07, 6.45) is 1.71. The summed E-state index contributed by atoms with van der Waals surface area (Å²) in [6, 6.07) is 5.87. The molecule has 0 saturated heterocycles. The molecule has 0 bridgehead atoms. The smallest absolute Gasteiger partial charge is 0.209 e. The highest BCUT2D eigenvalue weighted by Gasteiger charge is 2.16. The van der Waals surface area contributed by atoms with Crippen LogP contribution in [0, 0.1) is 19.8 Å². The molecule has 0 spiro atoms. The van der Waals surface area contributed by atoms with E-state index in [1.807, 2.05) is 39.0 Å². The second-order valence-electron chi connectivity index (χ2n) is 5.04. The van der Waals surface area contributed by atoms with Crippen LogP contribution in [-0.2, 0) is 10.0 Å². The molecule has 1 unspecified atom stereocenters. The van der Waals surface area contributed by atoms with Crippen molar-refractivity contribution in [2.75, 3.05) is 12.4 Å². The zero-order chi connectivity index (χ0) is 14.5. The van der Waals surface area contributed by atoms with Gasteiger partial charge in [-0.25, -0.2) is 13.6 Å². The molecule has 0 amide bonds. The van der Waals surface area contributed by atoms with Crippen molar-refractivity contribution in [3.63, 3.8) is 0 Å². The van der Waals surface area contributed by atoms with Crippen LogP contribution in [0.5, 0.6) is 5.75 Å². The molecule has 1 atom stereocenters. The Bertz CT molecular complexity index is 511. The standard InChI is InChI=1S/C14H23NO3S/c1-4-5-13(10-19(15,16)17)9-18-14-7-6-11(2)12(3)8-14/h6-8,13H,4-5,9-10H2,1-3H3,(H2,15,16,17). The van der Waals surface area contributed by atoms with E-state index in [9.17, 15) is 8.42 Å². The van der Waals surface area contributed by atoms with Crippen molar-refractivity contribution in [1.29, 1.82) is 0 Å². The lowest BCUT2D eigenvalue weighted by molar-refractivity contribution is 0.252. The van der Waals surface area contributed by atoms with Crippen molar-refractivity contribution >= 4 is 10.0 Å². The normalized spacial score (nSPS) is 13.3. The molecule has 0 radical (unpaired) electrons. The summed E-state index contributed by atoms with van der Waals surface area (Å²) in [7, 11) is -3.44. The second kappa shape index (κ2) is 6.91. The number of benzene rings is 1. The molecule has 108 valence electrons. The molecule has 4 nitrogen and oxygen atoms in total. The van der Waals surface area contributed by atoms with Gasteiger partial charge in [0.2, 0.25) is 10.0 Å². The fourth-order valence-corrected chi connectivity index (χ4v) is 2.89. The number of nitrogens with two attached hydrogens (primary N) is 1. The highest BCUT2D eigenvalue weighted by molar-refractivity contribution is 7.89. The molecule has 1 aromatic carbocycles. The van der Waals surface area contributed by atoms with E-state index >= 15 is 0 Å². The molecule has 0 aliphatic heterocycles. The number of ether oxygens (including phenoxy) is 1. The van der Waals surface area contributed by atoms with Crippen molar-refractivity contribution in [2.24, 2.45) is 11.1 Å². The zero-order valence-corrected chi connectivity index (χ0v) is 12.7. The van der Waals surface area contributed by atoms with Crippen LogP contribution in [0.2, 0.25) is 0 Å². The van der Waals surface area contributed by atoms with Crippen LogP contribution in [-0.4, -0.2) is 20.8 Å². The molecule has 0 fully saturated rings. The first kappa shape index (κ1) is 16.0. The molecule has 0 aliphatic carbocycles. The van der Waals surface area contributed by atoms with Crippen molar-refractivity contribution in [3.05, 3.63) is 29.3 Å². The molecule has 0 saturated carbocycles. The fourth-order valence-electron chi connectivity index (χ4n) is 1.97. The fraction of sp³-hybridized carbons (Fsp3) is 0.571. The molecule has 0 aliphatic rings. The maximum atomic E-state index is 11.1. The predicted molar refractivity (Wildman–Crippen MR) is 77.8 cm³/mol. The average Bonchev–Trinajstić information content (AvgIpc) is 2.29. The molecule has 0 heterocycles. The van der Waals surface area contributed by atoms with E-state index in [0.29, 0.717) is 6.61 Å². The summed E-state index contributed by atoms with van der Waals surface area (Å²) in [5.74, 6) is 0.700. The Morgan fingerprint density at radius 1 is 1.26 bits per heavy atom. The van der Waals surface area contributed by atoms with Gasteiger partial charge in [0.25, 0.3) is 0 Å². The Morgan fingerprint density at radius 3 is 2.47 bits per heavy atom. The molecular weight excluding hydrogens is 262 g/mol. The van der Waals surface area contributed by atoms with E-state index < -0.39 is 10.0 Å². The Labute approximate surface area is 116 Å². The van der Waals surface area contributed by atoms with Crippen molar-refractivity contribution in [3.8, 4) is 5.75 Å². The van der Waals surface area contributed by atoms with Crippen LogP contribution in [0.4, 0.5) is 0 Å². The number of sulfonamides is 1. The third kappa shape index (κ3) is 6.07. The van der Waals surface area contributed by atoms with Gasteiger partial charge in [-0.2, -0.15) is 0 Å². The lowest BCUT2D eigenvalue weighted by atomic mass is 10.1. The van der Waals surface area contributed by atoms with Gasteiger partial charge in [0, 0.05) is 5.92 Å². The monoisotopic (exact) mass is 285 g/mol. The third-order valence-corrected chi connectivity index (χ3v) is 4.07. The quantitative estimate of drug-likeness (QED) is 0.836. The summed E-state index contributed by atoms with van der Waals surface area (Å²) in [6.45, 7) is 6.47. The van der Waals surface area contributed by atoms with E-state index in [1.54, 1.807) is 0 Å². The number of hydrogen-bond donors (Lipinski definition) is 1. The van der Waals surface area contributed by atoms with Gasteiger partial charge >= 0.3 is 0 Å². The summed E-state index contributed by atoms with van der Waals surface area (Å²) in [4.78, 5) is 0. The minimum absolute atomic E-state index is 0.0221. The highest BCUT2D eigenvalue weighted by atomic mass is 32.2. The van der Waals surface area contributed by atoms with Crippen molar-refractivity contribution in [1.82, 2.24) is 0 Å². The summed E-state index contributed by atoms with van der Waals surface area (Å²) >= 11 is 0. The minimum atomic E-state index is -3.44. The second-order valence-corrected chi connectivity index (χ2v) is 6.70. The maximum absolute atomic E-state index is 11.1. The van der Waals surface area contributed by atoms with Gasteiger partial charge in [0.1, 0.15) is 5.75 Å². The van der Waals surface area contributed by atoms with Gasteiger partial charge in [-0.15, -0.1) is 0 Å². The van der Waals surface area contributed by atoms with Crippen LogP contribution in [0.3, 0.4) is 0 Å². The van der Waals surface area contributed by atoms with E-state index in [2.05, 4.69) is 0 Å². The number of rotatable bonds is 7. The highest BCUT2D eigenvalue weighted by Crippen LogP contribution is 2.18. The first-order chi connectivity index (χ1) is 8.81. The summed E-state index contributed by atoms with van der Waals surface area (Å²) in [5.41, 5.74) is 2.37. The first-order valence-electron chi connectivity index (χ1n) is 6.52. The topological polar surface area (TPSA) is 69.4 Å². The van der Waals surface area contributed by atoms with Gasteiger partial charge in [0.15, 0.2) is 0 Å². The zero-order valence-electron chi connectivity index (χ0n) is 11.8. The number of primary sulfonamides is 1. The lowest BCUT2D eigenvalue weighted by Crippen LogP contribution is -2.27. The van der Waals surface area contributed by atoms with Gasteiger partial charge in [-0.05, 0) is 43.5 Å². The van der Waals surface area contributed by atoms with Gasteiger partial charge < -0.3 is 4.74 Å². The van der Waals surface area contributed by atoms with E-state index in [0.717, 1.165) is 24.2 Å². The van der Waals surface area contributed by atoms with Crippen molar-refractivity contribution < 1.29 is 13.2 Å². The predicted octanol–water partition coefficient (Wildman–Crippen LogP) is 2.39. The minimum Gasteiger partial charge on any atom is -0.493 e. The average molecular weight is 285 g/mol. The molecule has 2 N–H and O–H groups in total. The van der Waals surface area contributed by atoms with E-state index in [1.165, 1.54) is 5.56 Å². The van der Waals surface area contributed by atoms with Crippen LogP contribution < -0.4 is 9.88 Å². The maximum Gasteiger partial charge on any atom is 0.209 e. The first-order valence-corrected chi connectivity index (χ1v) is 8.24. The molecule has 0 aromatic heterocycles. The van der Waals surface area contributed by atoms with Crippen LogP contribution >= 0.6 is 0 Å². The Hall–Kier alpha value is -1.07. The molecular formula is C14H23NO3S. The van der Waals surface area contributed by atoms with Crippen LogP contribution in [0.15, 0.2) is 18.2 Å².